The molecule has 0 radical (unpaired) electrons. The molecule has 0 amide bonds. The third-order valence-electron chi connectivity index (χ3n) is 11.3. The van der Waals surface area contributed by atoms with Crippen LogP contribution in [0.25, 0.3) is 16.8 Å². The fourth-order valence-electron chi connectivity index (χ4n) is 9.53. The lowest BCUT2D eigenvalue weighted by Gasteiger charge is -2.44. The molecule has 2 unspecified atom stereocenters. The van der Waals surface area contributed by atoms with Crippen LogP contribution in [0.1, 0.15) is 81.1 Å². The van der Waals surface area contributed by atoms with E-state index in [1.54, 1.807) is 0 Å². The Bertz CT molecular complexity index is 2130. The van der Waals surface area contributed by atoms with E-state index >= 15 is 0 Å². The summed E-state index contributed by atoms with van der Waals surface area (Å²) in [6.45, 7) is 16.5. The van der Waals surface area contributed by atoms with Crippen molar-refractivity contribution in [3.63, 3.8) is 0 Å². The number of hydrogen-bond acceptors (Lipinski definition) is 1. The Balaban J connectivity index is 1.52. The van der Waals surface area contributed by atoms with E-state index in [1.165, 1.54) is 89.3 Å². The summed E-state index contributed by atoms with van der Waals surface area (Å²) >= 11 is 0. The minimum atomic E-state index is -0.508. The Hall–Kier alpha value is -4.43. The predicted octanol–water partition coefficient (Wildman–Crippen LogP) is 8.91. The van der Waals surface area contributed by atoms with Crippen LogP contribution in [-0.2, 0) is 11.1 Å². The van der Waals surface area contributed by atoms with E-state index in [2.05, 4.69) is 149 Å². The molecule has 2 nitrogen and oxygen atoms in total. The topological polar surface area (TPSA) is 7.12 Å². The zero-order chi connectivity index (χ0) is 29.6. The van der Waals surface area contributed by atoms with E-state index in [4.69, 9.17) is 0 Å². The fraction of sp³-hybridized carbons (Fsp3) is 0.244. The molecule has 2 atom stereocenters. The van der Waals surface area contributed by atoms with Crippen LogP contribution in [0.15, 0.2) is 96.7 Å². The maximum atomic E-state index is 2.84. The molecule has 4 aliphatic rings. The molecule has 1 spiro atoms. The van der Waals surface area contributed by atoms with Crippen LogP contribution in [0, 0.1) is 34.6 Å². The summed E-state index contributed by atoms with van der Waals surface area (Å²) < 4.78 is 2.61. The van der Waals surface area contributed by atoms with Crippen molar-refractivity contribution in [2.24, 2.45) is 0 Å². The maximum Gasteiger partial charge on any atom is 0.299 e. The van der Waals surface area contributed by atoms with E-state index in [-0.39, 0.29) is 11.5 Å². The van der Waals surface area contributed by atoms with Gasteiger partial charge in [-0.15, -0.1) is 0 Å². The first-order chi connectivity index (χ1) is 20.7. The number of aryl methyl sites for hydroxylation is 3. The van der Waals surface area contributed by atoms with Crippen molar-refractivity contribution in [2.45, 2.75) is 65.6 Å². The second-order valence-electron chi connectivity index (χ2n) is 13.8. The summed E-state index contributed by atoms with van der Waals surface area (Å²) in [5.41, 5.74) is 21.7. The number of rotatable bonds is 0. The molecule has 1 aromatic heterocycles. The van der Waals surface area contributed by atoms with Gasteiger partial charge in [0.2, 0.25) is 5.69 Å². The van der Waals surface area contributed by atoms with E-state index < -0.39 is 5.66 Å². The van der Waals surface area contributed by atoms with Crippen LogP contribution in [-0.4, -0.2) is 0 Å². The first-order valence-electron chi connectivity index (χ1n) is 15.7. The van der Waals surface area contributed by atoms with Crippen LogP contribution >= 0.6 is 0 Å². The summed E-state index contributed by atoms with van der Waals surface area (Å²) in [6.07, 6.45) is 2.34. The molecule has 1 aliphatic carbocycles. The minimum Gasteiger partial charge on any atom is -0.292 e. The summed E-state index contributed by atoms with van der Waals surface area (Å²) in [5, 5.41) is 0. The van der Waals surface area contributed by atoms with Crippen molar-refractivity contribution in [3.05, 3.63) is 158 Å². The van der Waals surface area contributed by atoms with E-state index in [0.29, 0.717) is 0 Å². The van der Waals surface area contributed by atoms with Gasteiger partial charge in [-0.25, -0.2) is 0 Å². The molecule has 0 bridgehead atoms. The Kier molecular flexibility index (Phi) is 4.63. The number of nitrogens with zero attached hydrogens (tertiary/aromatic N) is 2. The molecule has 9 rings (SSSR count). The first-order valence-corrected chi connectivity index (χ1v) is 15.7. The second kappa shape index (κ2) is 7.94. The highest BCUT2D eigenvalue weighted by Crippen LogP contribution is 2.67. The van der Waals surface area contributed by atoms with Gasteiger partial charge in [0.25, 0.3) is 5.66 Å². The Morgan fingerprint density at radius 3 is 2.21 bits per heavy atom. The van der Waals surface area contributed by atoms with E-state index in [1.807, 2.05) is 0 Å². The number of pyridine rings is 1. The van der Waals surface area contributed by atoms with Crippen LogP contribution < -0.4 is 9.47 Å². The van der Waals surface area contributed by atoms with Gasteiger partial charge >= 0.3 is 0 Å². The normalized spacial score (nSPS) is 21.3. The molecule has 0 N–H and O–H groups in total. The van der Waals surface area contributed by atoms with Crippen molar-refractivity contribution < 1.29 is 4.57 Å². The van der Waals surface area contributed by atoms with Gasteiger partial charge in [0.1, 0.15) is 0 Å². The second-order valence-corrected chi connectivity index (χ2v) is 13.8. The van der Waals surface area contributed by atoms with Crippen molar-refractivity contribution >= 4 is 11.3 Å². The average molecular weight is 558 g/mol. The Morgan fingerprint density at radius 2 is 1.40 bits per heavy atom. The van der Waals surface area contributed by atoms with Crippen LogP contribution in [0.4, 0.5) is 5.69 Å². The van der Waals surface area contributed by atoms with Crippen LogP contribution in [0.5, 0.6) is 0 Å². The van der Waals surface area contributed by atoms with E-state index in [9.17, 15) is 0 Å². The fourth-order valence-corrected chi connectivity index (χ4v) is 9.53. The molecule has 4 aromatic carbocycles. The molecular formula is C41H37N2+. The molecule has 5 aromatic rings. The molecule has 3 aliphatic heterocycles. The molecule has 4 heterocycles. The molecule has 2 heteroatoms. The third kappa shape index (κ3) is 2.70. The number of anilines is 1. The highest BCUT2D eigenvalue weighted by atomic mass is 15.4. The largest absolute Gasteiger partial charge is 0.299 e. The average Bonchev–Trinajstić information content (AvgIpc) is 3.54. The Labute approximate surface area is 255 Å². The summed E-state index contributed by atoms with van der Waals surface area (Å²) in [7, 11) is 0. The van der Waals surface area contributed by atoms with Gasteiger partial charge in [0, 0.05) is 23.1 Å². The first kappa shape index (κ1) is 25.1. The number of para-hydroxylation sites is 1. The van der Waals surface area contributed by atoms with Crippen LogP contribution in [0.3, 0.4) is 0 Å². The van der Waals surface area contributed by atoms with Crippen molar-refractivity contribution in [1.82, 2.24) is 0 Å². The smallest absolute Gasteiger partial charge is 0.292 e. The van der Waals surface area contributed by atoms with Gasteiger partial charge in [-0.3, -0.25) is 4.90 Å². The predicted molar refractivity (Wildman–Crippen MR) is 176 cm³/mol. The van der Waals surface area contributed by atoms with Crippen molar-refractivity contribution in [3.8, 4) is 11.3 Å². The van der Waals surface area contributed by atoms with Gasteiger partial charge in [-0.05, 0) is 103 Å². The number of hydrogen-bond donors (Lipinski definition) is 0. The quantitative estimate of drug-likeness (QED) is 0.172. The zero-order valence-electron chi connectivity index (χ0n) is 26.1. The molecule has 43 heavy (non-hydrogen) atoms. The molecular weight excluding hydrogens is 520 g/mol. The lowest BCUT2D eigenvalue weighted by atomic mass is 9.74. The van der Waals surface area contributed by atoms with Gasteiger partial charge in [-0.2, -0.15) is 4.57 Å². The number of benzene rings is 4. The van der Waals surface area contributed by atoms with Gasteiger partial charge in [-0.1, -0.05) is 74.0 Å². The number of aromatic nitrogens is 1. The third-order valence-corrected chi connectivity index (χ3v) is 11.3. The standard InChI is InChI=1S/C41H37N2/c1-23-20-25(3)36-31(21-23)39-38-35(28-14-8-10-16-32(28)40(38,6)7)29-15-9-11-18-34(29)43(39)41(36)37-27(5)26(4)24(2)22-30(37)33-17-12-13-19-42(33)41/h8-22,39H,1-7H3/q+1. The molecule has 0 fully saturated rings. The highest BCUT2D eigenvalue weighted by molar-refractivity contribution is 5.99. The van der Waals surface area contributed by atoms with Gasteiger partial charge in [0.05, 0.1) is 28.4 Å². The lowest BCUT2D eigenvalue weighted by Crippen LogP contribution is -2.64. The van der Waals surface area contributed by atoms with Crippen molar-refractivity contribution in [2.75, 3.05) is 4.90 Å². The molecule has 0 saturated heterocycles. The number of fused-ring (bicyclic) bond motifs is 16. The Morgan fingerprint density at radius 1 is 0.674 bits per heavy atom. The zero-order valence-corrected chi connectivity index (χ0v) is 26.1. The molecule has 0 saturated carbocycles. The summed E-state index contributed by atoms with van der Waals surface area (Å²) in [6, 6.07) is 32.6. The summed E-state index contributed by atoms with van der Waals surface area (Å²) in [4.78, 5) is 2.84. The summed E-state index contributed by atoms with van der Waals surface area (Å²) in [5.74, 6) is 0. The maximum absolute atomic E-state index is 2.84. The van der Waals surface area contributed by atoms with Crippen molar-refractivity contribution in [1.29, 1.82) is 0 Å². The van der Waals surface area contributed by atoms with E-state index in [0.717, 1.165) is 0 Å². The van der Waals surface area contributed by atoms with Crippen LogP contribution in [0.2, 0.25) is 0 Å². The van der Waals surface area contributed by atoms with Gasteiger partial charge in [0.15, 0.2) is 6.20 Å². The van der Waals surface area contributed by atoms with Gasteiger partial charge < -0.3 is 0 Å². The lowest BCUT2D eigenvalue weighted by molar-refractivity contribution is -0.727. The minimum absolute atomic E-state index is 0.105. The monoisotopic (exact) mass is 557 g/mol. The SMILES string of the molecule is Cc1cc(C)c2c(c1)C1C3=C(c4ccccc4N1C21c2c(cc(C)c(C)c2C)-c2cccc[n+]21)c1ccccc1C3(C)C. The molecule has 210 valence electrons. The highest BCUT2D eigenvalue weighted by Gasteiger charge is 2.68.